The van der Waals surface area contributed by atoms with Crippen LogP contribution in [0.1, 0.15) is 44.5 Å². The SMILES string of the molecule is CC(C)(O)C(=O)c1ccccc1.CCC(C)=O. The zero-order chi connectivity index (χ0) is 13.5. The predicted octanol–water partition coefficient (Wildman–Crippen LogP) is 2.63. The number of carbonyl (C=O) groups is 2. The number of hydrogen-bond acceptors (Lipinski definition) is 3. The van der Waals surface area contributed by atoms with E-state index in [1.54, 1.807) is 31.2 Å². The number of carbonyl (C=O) groups excluding carboxylic acids is 2. The zero-order valence-electron chi connectivity index (χ0n) is 10.9. The molecule has 0 spiro atoms. The summed E-state index contributed by atoms with van der Waals surface area (Å²) in [7, 11) is 0. The number of Topliss-reactive ketones (excluding diaryl/α,β-unsaturated/α-hetero) is 2. The molecule has 0 radical (unpaired) electrons. The molecule has 0 bridgehead atoms. The Morgan fingerprint density at radius 2 is 1.59 bits per heavy atom. The van der Waals surface area contributed by atoms with Gasteiger partial charge in [0.05, 0.1) is 0 Å². The van der Waals surface area contributed by atoms with Gasteiger partial charge in [0.1, 0.15) is 11.4 Å². The average Bonchev–Trinajstić information content (AvgIpc) is 2.29. The van der Waals surface area contributed by atoms with E-state index in [9.17, 15) is 14.7 Å². The Bertz CT molecular complexity index is 361. The summed E-state index contributed by atoms with van der Waals surface area (Å²) in [6.45, 7) is 6.41. The molecule has 3 heteroatoms. The third-order valence-corrected chi connectivity index (χ3v) is 2.09. The fourth-order valence-electron chi connectivity index (χ4n) is 0.943. The van der Waals surface area contributed by atoms with Gasteiger partial charge < -0.3 is 9.90 Å². The lowest BCUT2D eigenvalue weighted by Gasteiger charge is -2.14. The van der Waals surface area contributed by atoms with Crippen LogP contribution in [0.4, 0.5) is 0 Å². The largest absolute Gasteiger partial charge is 0.382 e. The Morgan fingerprint density at radius 3 is 1.88 bits per heavy atom. The van der Waals surface area contributed by atoms with Crippen LogP contribution < -0.4 is 0 Å². The van der Waals surface area contributed by atoms with Crippen LogP contribution in [-0.4, -0.2) is 22.3 Å². The van der Waals surface area contributed by atoms with Gasteiger partial charge in [-0.1, -0.05) is 37.3 Å². The molecule has 17 heavy (non-hydrogen) atoms. The van der Waals surface area contributed by atoms with E-state index in [1.807, 2.05) is 13.0 Å². The highest BCUT2D eigenvalue weighted by molar-refractivity contribution is 6.01. The van der Waals surface area contributed by atoms with Crippen LogP contribution >= 0.6 is 0 Å². The molecule has 0 aliphatic carbocycles. The quantitative estimate of drug-likeness (QED) is 0.821. The summed E-state index contributed by atoms with van der Waals surface area (Å²) in [6.07, 6.45) is 0.667. The first-order valence-electron chi connectivity index (χ1n) is 5.60. The van der Waals surface area contributed by atoms with Gasteiger partial charge in [-0.2, -0.15) is 0 Å². The number of aliphatic hydroxyl groups is 1. The molecule has 0 saturated heterocycles. The molecule has 0 atom stereocenters. The summed E-state index contributed by atoms with van der Waals surface area (Å²) in [4.78, 5) is 21.2. The Labute approximate surface area is 102 Å². The first-order chi connectivity index (χ1) is 7.79. The monoisotopic (exact) mass is 236 g/mol. The minimum atomic E-state index is -1.28. The van der Waals surface area contributed by atoms with Crippen molar-refractivity contribution in [2.24, 2.45) is 0 Å². The Hall–Kier alpha value is -1.48. The molecule has 0 fully saturated rings. The molecular formula is C14H20O3. The van der Waals surface area contributed by atoms with Crippen molar-refractivity contribution in [3.63, 3.8) is 0 Å². The Morgan fingerprint density at radius 1 is 1.18 bits per heavy atom. The summed E-state index contributed by atoms with van der Waals surface area (Å²) in [5.41, 5.74) is -0.730. The first-order valence-corrected chi connectivity index (χ1v) is 5.60. The third-order valence-electron chi connectivity index (χ3n) is 2.09. The molecule has 0 amide bonds. The van der Waals surface area contributed by atoms with E-state index in [2.05, 4.69) is 0 Å². The zero-order valence-corrected chi connectivity index (χ0v) is 10.9. The lowest BCUT2D eigenvalue weighted by Crippen LogP contribution is -2.30. The maximum Gasteiger partial charge on any atom is 0.193 e. The maximum atomic E-state index is 11.4. The molecule has 0 aliphatic heterocycles. The highest BCUT2D eigenvalue weighted by Gasteiger charge is 2.24. The number of benzene rings is 1. The molecule has 0 aromatic heterocycles. The molecule has 1 aromatic carbocycles. The summed E-state index contributed by atoms with van der Waals surface area (Å²) in [5.74, 6) is 0.00750. The Balaban J connectivity index is 0.000000437. The van der Waals surface area contributed by atoms with Crippen LogP contribution in [0, 0.1) is 0 Å². The van der Waals surface area contributed by atoms with Gasteiger partial charge in [0, 0.05) is 12.0 Å². The van der Waals surface area contributed by atoms with E-state index in [4.69, 9.17) is 0 Å². The average molecular weight is 236 g/mol. The molecule has 94 valence electrons. The van der Waals surface area contributed by atoms with Crippen LogP contribution in [0.5, 0.6) is 0 Å². The standard InChI is InChI=1S/C10H12O2.C4H8O/c1-10(2,12)9(11)8-6-4-3-5-7-8;1-3-4(2)5/h3-7,12H,1-2H3;3H2,1-2H3. The van der Waals surface area contributed by atoms with Gasteiger partial charge in [0.25, 0.3) is 0 Å². The maximum absolute atomic E-state index is 11.4. The van der Waals surface area contributed by atoms with Crippen LogP contribution in [0.15, 0.2) is 30.3 Å². The Kier molecular flexibility index (Phi) is 6.36. The van der Waals surface area contributed by atoms with E-state index < -0.39 is 5.60 Å². The minimum Gasteiger partial charge on any atom is -0.382 e. The van der Waals surface area contributed by atoms with E-state index in [1.165, 1.54) is 13.8 Å². The van der Waals surface area contributed by atoms with Gasteiger partial charge >= 0.3 is 0 Å². The summed E-state index contributed by atoms with van der Waals surface area (Å²) in [5, 5.41) is 9.39. The topological polar surface area (TPSA) is 54.4 Å². The van der Waals surface area contributed by atoms with Crippen LogP contribution in [0.25, 0.3) is 0 Å². The van der Waals surface area contributed by atoms with Crippen molar-refractivity contribution >= 4 is 11.6 Å². The number of ketones is 2. The lowest BCUT2D eigenvalue weighted by atomic mass is 9.97. The van der Waals surface area contributed by atoms with E-state index in [-0.39, 0.29) is 11.6 Å². The second-order valence-corrected chi connectivity index (χ2v) is 4.31. The van der Waals surface area contributed by atoms with Crippen molar-refractivity contribution in [2.45, 2.75) is 39.7 Å². The number of hydrogen-bond donors (Lipinski definition) is 1. The summed E-state index contributed by atoms with van der Waals surface area (Å²) < 4.78 is 0. The predicted molar refractivity (Wildman–Crippen MR) is 68.0 cm³/mol. The van der Waals surface area contributed by atoms with Crippen LogP contribution in [0.2, 0.25) is 0 Å². The third kappa shape index (κ3) is 6.64. The molecule has 1 rings (SSSR count). The second kappa shape index (κ2) is 6.97. The van der Waals surface area contributed by atoms with Crippen LogP contribution in [0.3, 0.4) is 0 Å². The molecule has 0 aliphatic rings. The molecular weight excluding hydrogens is 216 g/mol. The highest BCUT2D eigenvalue weighted by atomic mass is 16.3. The molecule has 3 nitrogen and oxygen atoms in total. The fraction of sp³-hybridized carbons (Fsp3) is 0.429. The van der Waals surface area contributed by atoms with Crippen molar-refractivity contribution in [1.82, 2.24) is 0 Å². The first kappa shape index (κ1) is 15.5. The van der Waals surface area contributed by atoms with Gasteiger partial charge in [0.2, 0.25) is 0 Å². The van der Waals surface area contributed by atoms with Crippen molar-refractivity contribution in [3.05, 3.63) is 35.9 Å². The minimum absolute atomic E-state index is 0.247. The van der Waals surface area contributed by atoms with Gasteiger partial charge in [0.15, 0.2) is 5.78 Å². The summed E-state index contributed by atoms with van der Waals surface area (Å²) in [6, 6.07) is 8.78. The molecule has 1 aromatic rings. The van der Waals surface area contributed by atoms with Gasteiger partial charge in [-0.15, -0.1) is 0 Å². The van der Waals surface area contributed by atoms with Crippen molar-refractivity contribution in [3.8, 4) is 0 Å². The van der Waals surface area contributed by atoms with E-state index in [0.717, 1.165) is 0 Å². The molecule has 0 saturated carbocycles. The number of rotatable bonds is 3. The van der Waals surface area contributed by atoms with Gasteiger partial charge in [-0.3, -0.25) is 4.79 Å². The van der Waals surface area contributed by atoms with Crippen molar-refractivity contribution in [1.29, 1.82) is 0 Å². The molecule has 1 N–H and O–H groups in total. The molecule has 0 heterocycles. The van der Waals surface area contributed by atoms with Crippen molar-refractivity contribution < 1.29 is 14.7 Å². The van der Waals surface area contributed by atoms with Gasteiger partial charge in [-0.05, 0) is 20.8 Å². The van der Waals surface area contributed by atoms with E-state index >= 15 is 0 Å². The van der Waals surface area contributed by atoms with Gasteiger partial charge in [-0.25, -0.2) is 0 Å². The van der Waals surface area contributed by atoms with Crippen molar-refractivity contribution in [2.75, 3.05) is 0 Å². The lowest BCUT2D eigenvalue weighted by molar-refractivity contribution is -0.116. The smallest absolute Gasteiger partial charge is 0.193 e. The summed E-state index contributed by atoms with van der Waals surface area (Å²) >= 11 is 0. The van der Waals surface area contributed by atoms with E-state index in [0.29, 0.717) is 12.0 Å². The highest BCUT2D eigenvalue weighted by Crippen LogP contribution is 2.11. The van der Waals surface area contributed by atoms with Crippen LogP contribution in [-0.2, 0) is 4.79 Å². The molecule has 0 unspecified atom stereocenters. The fourth-order valence-corrected chi connectivity index (χ4v) is 0.943. The second-order valence-electron chi connectivity index (χ2n) is 4.31. The normalized spacial score (nSPS) is 10.2.